The molecule has 0 spiro atoms. The monoisotopic (exact) mass is 472 g/mol. The number of alkyl halides is 3. The lowest BCUT2D eigenvalue weighted by molar-refractivity contribution is -0.115. The van der Waals surface area contributed by atoms with E-state index in [1.807, 2.05) is 0 Å². The second-order valence-corrected chi connectivity index (χ2v) is 6.78. The van der Waals surface area contributed by atoms with E-state index in [-0.39, 0.29) is 28.8 Å². The summed E-state index contributed by atoms with van der Waals surface area (Å²) in [6.45, 7) is -1.27. The van der Waals surface area contributed by atoms with E-state index < -0.39 is 24.5 Å². The molecular weight excluding hydrogens is 457 g/mol. The van der Waals surface area contributed by atoms with Gasteiger partial charge >= 0.3 is 6.18 Å². The van der Waals surface area contributed by atoms with Crippen LogP contribution in [0.15, 0.2) is 59.6 Å². The molecule has 0 aliphatic heterocycles. The van der Waals surface area contributed by atoms with Crippen LogP contribution in [0.2, 0.25) is 0 Å². The summed E-state index contributed by atoms with van der Waals surface area (Å²) in [5.41, 5.74) is 5.33. The summed E-state index contributed by atoms with van der Waals surface area (Å²) < 4.78 is 43.8. The third-order valence-corrected chi connectivity index (χ3v) is 4.29. The van der Waals surface area contributed by atoms with Gasteiger partial charge in [0.15, 0.2) is 17.2 Å². The molecule has 0 aromatic carbocycles. The van der Waals surface area contributed by atoms with Gasteiger partial charge in [-0.1, -0.05) is 6.07 Å². The fourth-order valence-corrected chi connectivity index (χ4v) is 2.80. The van der Waals surface area contributed by atoms with Crippen molar-refractivity contribution in [3.8, 4) is 17.3 Å². The predicted molar refractivity (Wildman–Crippen MR) is 112 cm³/mol. The Morgan fingerprint density at radius 2 is 1.97 bits per heavy atom. The van der Waals surface area contributed by atoms with Crippen LogP contribution in [0.5, 0.6) is 0 Å². The van der Waals surface area contributed by atoms with Gasteiger partial charge in [-0.25, -0.2) is 19.6 Å². The second kappa shape index (κ2) is 9.01. The molecule has 14 heteroatoms. The smallest absolute Gasteiger partial charge is 0.405 e. The van der Waals surface area contributed by atoms with E-state index in [1.165, 1.54) is 35.4 Å². The van der Waals surface area contributed by atoms with E-state index in [9.17, 15) is 22.8 Å². The van der Waals surface area contributed by atoms with Crippen molar-refractivity contribution >= 4 is 23.3 Å². The third-order valence-electron chi connectivity index (χ3n) is 4.29. The number of nitrogens with zero attached hydrogens (tertiary/aromatic N) is 5. The highest BCUT2D eigenvalue weighted by atomic mass is 19.4. The lowest BCUT2D eigenvalue weighted by Gasteiger charge is -2.08. The number of hydrogen-bond acceptors (Lipinski definition) is 8. The van der Waals surface area contributed by atoms with Crippen LogP contribution in [0.25, 0.3) is 17.3 Å². The molecule has 0 aliphatic rings. The summed E-state index contributed by atoms with van der Waals surface area (Å²) in [5.74, 6) is -1.29. The molecule has 0 radical (unpaired) electrons. The van der Waals surface area contributed by atoms with E-state index in [0.29, 0.717) is 11.4 Å². The number of anilines is 2. The number of nitrogens with one attached hydrogen (secondary N) is 2. The van der Waals surface area contributed by atoms with E-state index in [0.717, 1.165) is 6.26 Å². The number of amides is 2. The zero-order valence-corrected chi connectivity index (χ0v) is 17.1. The maximum Gasteiger partial charge on any atom is 0.405 e. The van der Waals surface area contributed by atoms with Crippen molar-refractivity contribution < 1.29 is 27.2 Å². The van der Waals surface area contributed by atoms with Crippen molar-refractivity contribution in [2.75, 3.05) is 17.2 Å². The average Bonchev–Trinajstić information content (AvgIpc) is 3.46. The molecule has 174 valence electrons. The standard InChI is InChI=1S/C20H15F3N8O3/c21-20(22,23)10-27-14-7-11(4-6-25-14)19-29-13(9-34-19)18(33)28-12-8-31(30-16(12)17(24)32)15-3-1-2-5-26-15/h1-9H,10H2,(H2,24,32)(H,25,27)(H,28,33). The minimum absolute atomic E-state index is 0.0234. The molecule has 2 amide bonds. The average molecular weight is 472 g/mol. The van der Waals surface area contributed by atoms with Crippen molar-refractivity contribution in [3.05, 3.63) is 66.6 Å². The Kier molecular flexibility index (Phi) is 5.95. The summed E-state index contributed by atoms with van der Waals surface area (Å²) >= 11 is 0. The molecule has 34 heavy (non-hydrogen) atoms. The maximum absolute atomic E-state index is 12.7. The summed E-state index contributed by atoms with van der Waals surface area (Å²) in [4.78, 5) is 36.4. The van der Waals surface area contributed by atoms with Crippen LogP contribution in [0.1, 0.15) is 21.0 Å². The van der Waals surface area contributed by atoms with Gasteiger partial charge in [-0.05, 0) is 24.3 Å². The Hall–Kier alpha value is -4.75. The summed E-state index contributed by atoms with van der Waals surface area (Å²) in [6.07, 6.45) is 0.798. The van der Waals surface area contributed by atoms with Crippen LogP contribution in [-0.4, -0.2) is 49.3 Å². The Labute approximate surface area is 188 Å². The van der Waals surface area contributed by atoms with Gasteiger partial charge in [-0.2, -0.15) is 18.3 Å². The van der Waals surface area contributed by atoms with E-state index >= 15 is 0 Å². The molecule has 0 aliphatic carbocycles. The molecule has 0 unspecified atom stereocenters. The second-order valence-electron chi connectivity index (χ2n) is 6.78. The van der Waals surface area contributed by atoms with Gasteiger partial charge in [-0.15, -0.1) is 0 Å². The van der Waals surface area contributed by atoms with Crippen molar-refractivity contribution in [1.29, 1.82) is 0 Å². The molecule has 0 bridgehead atoms. The van der Waals surface area contributed by atoms with Gasteiger partial charge in [0, 0.05) is 18.0 Å². The number of primary amides is 1. The first-order valence-corrected chi connectivity index (χ1v) is 9.54. The lowest BCUT2D eigenvalue weighted by atomic mass is 10.2. The number of carbonyl (C=O) groups excluding carboxylic acids is 2. The number of oxazole rings is 1. The van der Waals surface area contributed by atoms with Crippen molar-refractivity contribution in [3.63, 3.8) is 0 Å². The first kappa shape index (κ1) is 22.4. The molecule has 4 aromatic rings. The summed E-state index contributed by atoms with van der Waals surface area (Å²) in [7, 11) is 0. The zero-order chi connectivity index (χ0) is 24.3. The van der Waals surface area contributed by atoms with Gasteiger partial charge in [0.1, 0.15) is 18.6 Å². The molecule has 11 nitrogen and oxygen atoms in total. The first-order valence-electron chi connectivity index (χ1n) is 9.54. The zero-order valence-electron chi connectivity index (χ0n) is 17.1. The largest absolute Gasteiger partial charge is 0.444 e. The lowest BCUT2D eigenvalue weighted by Crippen LogP contribution is -2.21. The van der Waals surface area contributed by atoms with Gasteiger partial charge < -0.3 is 20.8 Å². The van der Waals surface area contributed by atoms with Crippen LogP contribution in [0, 0.1) is 0 Å². The first-order chi connectivity index (χ1) is 16.2. The van der Waals surface area contributed by atoms with Gasteiger partial charge in [0.05, 0.1) is 11.9 Å². The number of pyridine rings is 2. The van der Waals surface area contributed by atoms with E-state index in [2.05, 4.69) is 30.7 Å². The van der Waals surface area contributed by atoms with Gasteiger partial charge in [-0.3, -0.25) is 9.59 Å². The molecule has 0 atom stereocenters. The Balaban J connectivity index is 1.52. The molecule has 0 saturated carbocycles. The van der Waals surface area contributed by atoms with Crippen molar-refractivity contribution in [2.45, 2.75) is 6.18 Å². The highest BCUT2D eigenvalue weighted by Crippen LogP contribution is 2.23. The highest BCUT2D eigenvalue weighted by molar-refractivity contribution is 6.07. The Morgan fingerprint density at radius 1 is 1.15 bits per heavy atom. The van der Waals surface area contributed by atoms with Crippen molar-refractivity contribution in [1.82, 2.24) is 24.7 Å². The fourth-order valence-electron chi connectivity index (χ4n) is 2.80. The van der Waals surface area contributed by atoms with Crippen LogP contribution < -0.4 is 16.4 Å². The molecule has 4 heterocycles. The van der Waals surface area contributed by atoms with Crippen molar-refractivity contribution in [2.24, 2.45) is 5.73 Å². The summed E-state index contributed by atoms with van der Waals surface area (Å²) in [6, 6.07) is 7.80. The number of carbonyl (C=O) groups is 2. The number of hydrogen-bond donors (Lipinski definition) is 3. The minimum Gasteiger partial charge on any atom is -0.444 e. The van der Waals surface area contributed by atoms with Gasteiger partial charge in [0.2, 0.25) is 5.89 Å². The number of aromatic nitrogens is 5. The molecule has 4 rings (SSSR count). The Bertz CT molecular complexity index is 1330. The van der Waals surface area contributed by atoms with Crippen LogP contribution in [-0.2, 0) is 0 Å². The maximum atomic E-state index is 12.7. The quantitative estimate of drug-likeness (QED) is 0.371. The molecular formula is C20H15F3N8O3. The predicted octanol–water partition coefficient (Wildman–Crippen LogP) is 2.64. The number of rotatable bonds is 7. The third kappa shape index (κ3) is 5.17. The van der Waals surface area contributed by atoms with Crippen LogP contribution in [0.4, 0.5) is 24.7 Å². The van der Waals surface area contributed by atoms with Crippen LogP contribution >= 0.6 is 0 Å². The number of halogens is 3. The molecule has 0 fully saturated rings. The summed E-state index contributed by atoms with van der Waals surface area (Å²) in [5, 5.41) is 8.69. The normalized spacial score (nSPS) is 11.3. The highest BCUT2D eigenvalue weighted by Gasteiger charge is 2.27. The fraction of sp³-hybridized carbons (Fsp3) is 0.100. The van der Waals surface area contributed by atoms with Crippen LogP contribution in [0.3, 0.4) is 0 Å². The van der Waals surface area contributed by atoms with E-state index in [4.69, 9.17) is 10.2 Å². The Morgan fingerprint density at radius 3 is 2.68 bits per heavy atom. The number of nitrogens with two attached hydrogens (primary N) is 1. The topological polar surface area (TPSA) is 154 Å². The minimum atomic E-state index is -4.42. The molecule has 4 N–H and O–H groups in total. The van der Waals surface area contributed by atoms with E-state index in [1.54, 1.807) is 18.2 Å². The SMILES string of the molecule is NC(=O)c1nn(-c2ccccn2)cc1NC(=O)c1coc(-c2ccnc(NCC(F)(F)F)c2)n1. The van der Waals surface area contributed by atoms with Gasteiger partial charge in [0.25, 0.3) is 11.8 Å². The molecule has 4 aromatic heterocycles. The molecule has 0 saturated heterocycles.